The molecule has 45 heavy (non-hydrogen) atoms. The zero-order valence-corrected chi connectivity index (χ0v) is 25.3. The summed E-state index contributed by atoms with van der Waals surface area (Å²) in [5.41, 5.74) is 5.05. The number of carboxylic acids is 1. The molecular weight excluding hydrogens is 600 g/mol. The molecule has 1 fully saturated rings. The average molecular weight is 630 g/mol. The zero-order valence-electron chi connectivity index (χ0n) is 24.5. The number of benzene rings is 3. The Balaban J connectivity index is 1.23. The molecular formula is C35H30ClF2N3O4. The molecule has 0 saturated heterocycles. The van der Waals surface area contributed by atoms with E-state index in [4.69, 9.17) is 26.1 Å². The first-order chi connectivity index (χ1) is 21.7. The number of halogens is 3. The van der Waals surface area contributed by atoms with Gasteiger partial charge < -0.3 is 19.1 Å². The van der Waals surface area contributed by atoms with E-state index in [2.05, 4.69) is 18.0 Å². The maximum absolute atomic E-state index is 14.3. The van der Waals surface area contributed by atoms with Gasteiger partial charge in [-0.3, -0.25) is 4.39 Å². The van der Waals surface area contributed by atoms with E-state index in [1.54, 1.807) is 36.4 Å². The lowest BCUT2D eigenvalue weighted by Gasteiger charge is -2.21. The number of imidazole rings is 1. The summed E-state index contributed by atoms with van der Waals surface area (Å²) in [5.74, 6) is 0.215. The normalized spacial score (nSPS) is 15.5. The van der Waals surface area contributed by atoms with Gasteiger partial charge in [-0.1, -0.05) is 36.7 Å². The van der Waals surface area contributed by atoms with Crippen molar-refractivity contribution in [3.8, 4) is 22.9 Å². The number of pyridine rings is 1. The highest BCUT2D eigenvalue weighted by Crippen LogP contribution is 2.49. The Kier molecular flexibility index (Phi) is 7.44. The van der Waals surface area contributed by atoms with E-state index in [1.165, 1.54) is 6.07 Å². The van der Waals surface area contributed by atoms with Gasteiger partial charge in [-0.05, 0) is 60.9 Å². The Hall–Kier alpha value is -4.50. The van der Waals surface area contributed by atoms with E-state index >= 15 is 0 Å². The van der Waals surface area contributed by atoms with Gasteiger partial charge in [0.05, 0.1) is 35.6 Å². The number of hydrogen-bond donors (Lipinski definition) is 1. The number of alkyl halides is 1. The molecule has 1 unspecified atom stereocenters. The molecule has 0 spiro atoms. The number of aromatic carboxylic acids is 1. The molecule has 1 N–H and O–H groups in total. The van der Waals surface area contributed by atoms with Crippen LogP contribution in [0.5, 0.6) is 11.6 Å². The first-order valence-electron chi connectivity index (χ1n) is 14.9. The summed E-state index contributed by atoms with van der Waals surface area (Å²) in [6, 6.07) is 18.8. The third-order valence-corrected chi connectivity index (χ3v) is 9.13. The van der Waals surface area contributed by atoms with Gasteiger partial charge in [-0.2, -0.15) is 0 Å². The second-order valence-electron chi connectivity index (χ2n) is 11.9. The highest BCUT2D eigenvalue weighted by molar-refractivity contribution is 6.30. The molecule has 10 heteroatoms. The topological polar surface area (TPSA) is 86.5 Å². The smallest absolute Gasteiger partial charge is 0.335 e. The number of hydrogen-bond acceptors (Lipinski definition) is 5. The quantitative estimate of drug-likeness (QED) is 0.168. The van der Waals surface area contributed by atoms with Gasteiger partial charge in [0.1, 0.15) is 24.0 Å². The predicted octanol–water partition coefficient (Wildman–Crippen LogP) is 8.00. The standard InChI is InChI=1S/C35H30ClF2N3O4/c1-20(33-40-29-10-6-21(34(42)43)15-30(29)41(33)19-35(18-37)12-13-35)24-8-9-26(32-25(24)11-14-44-32)28-3-2-4-31(39-28)45-17-22-5-7-23(36)16-27(22)38/h2-10,15-16,20H,11-14,17-19H2,1H3,(H,42,43). The lowest BCUT2D eigenvalue weighted by molar-refractivity contribution is 0.0697. The Labute approximate surface area is 263 Å². The van der Waals surface area contributed by atoms with Crippen molar-refractivity contribution >= 4 is 28.6 Å². The lowest BCUT2D eigenvalue weighted by Crippen LogP contribution is -2.18. The molecule has 5 aromatic rings. The fourth-order valence-electron chi connectivity index (χ4n) is 6.12. The second kappa shape index (κ2) is 11.5. The lowest BCUT2D eigenvalue weighted by atomic mass is 9.91. The van der Waals surface area contributed by atoms with Crippen molar-refractivity contribution in [1.82, 2.24) is 14.5 Å². The SMILES string of the molecule is CC(c1ccc(-c2cccc(OCc3ccc(Cl)cc3F)n2)c2c1CCO2)c1nc2ccc(C(=O)O)cc2n1CC1(CF)CC1. The van der Waals surface area contributed by atoms with Crippen LogP contribution >= 0.6 is 11.6 Å². The number of carbonyl (C=O) groups is 1. The van der Waals surface area contributed by atoms with E-state index < -0.39 is 23.9 Å². The fourth-order valence-corrected chi connectivity index (χ4v) is 6.28. The summed E-state index contributed by atoms with van der Waals surface area (Å²) < 4.78 is 42.4. The Bertz CT molecular complexity index is 1960. The molecule has 0 amide bonds. The highest BCUT2D eigenvalue weighted by atomic mass is 35.5. The average Bonchev–Trinajstić information content (AvgIpc) is 3.48. The van der Waals surface area contributed by atoms with Crippen LogP contribution in [0.2, 0.25) is 5.02 Å². The number of carboxylic acid groups (broad SMARTS) is 1. The van der Waals surface area contributed by atoms with Crippen molar-refractivity contribution in [2.45, 2.75) is 45.3 Å². The van der Waals surface area contributed by atoms with Crippen LogP contribution in [0.15, 0.2) is 66.7 Å². The van der Waals surface area contributed by atoms with E-state index in [9.17, 15) is 18.7 Å². The minimum atomic E-state index is -1.02. The van der Waals surface area contributed by atoms with Crippen LogP contribution < -0.4 is 9.47 Å². The molecule has 7 nitrogen and oxygen atoms in total. The van der Waals surface area contributed by atoms with E-state index in [-0.39, 0.29) is 18.1 Å². The van der Waals surface area contributed by atoms with Crippen molar-refractivity contribution in [1.29, 1.82) is 0 Å². The van der Waals surface area contributed by atoms with E-state index in [1.807, 2.05) is 22.8 Å². The van der Waals surface area contributed by atoms with Crippen LogP contribution in [-0.2, 0) is 19.6 Å². The molecule has 3 heterocycles. The van der Waals surface area contributed by atoms with Crippen molar-refractivity contribution < 1.29 is 28.2 Å². The first-order valence-corrected chi connectivity index (χ1v) is 15.3. The number of fused-ring (bicyclic) bond motifs is 2. The molecule has 1 atom stereocenters. The summed E-state index contributed by atoms with van der Waals surface area (Å²) in [6.07, 6.45) is 2.28. The molecule has 0 bridgehead atoms. The van der Waals surface area contributed by atoms with Gasteiger partial charge in [0.15, 0.2) is 0 Å². The van der Waals surface area contributed by atoms with Gasteiger partial charge in [0.2, 0.25) is 5.88 Å². The predicted molar refractivity (Wildman–Crippen MR) is 166 cm³/mol. The van der Waals surface area contributed by atoms with Crippen LogP contribution in [-0.4, -0.2) is 38.9 Å². The van der Waals surface area contributed by atoms with E-state index in [0.717, 1.165) is 41.1 Å². The van der Waals surface area contributed by atoms with Crippen molar-refractivity contribution in [3.05, 3.63) is 106 Å². The van der Waals surface area contributed by atoms with E-state index in [0.29, 0.717) is 52.8 Å². The Morgan fingerprint density at radius 3 is 2.73 bits per heavy atom. The molecule has 2 aliphatic rings. The van der Waals surface area contributed by atoms with Crippen LogP contribution in [0.3, 0.4) is 0 Å². The molecule has 0 radical (unpaired) electrons. The van der Waals surface area contributed by atoms with Crippen molar-refractivity contribution in [2.75, 3.05) is 13.3 Å². The van der Waals surface area contributed by atoms with Gasteiger partial charge in [0, 0.05) is 52.1 Å². The first kappa shape index (κ1) is 29.2. The number of rotatable bonds is 10. The number of aromatic nitrogens is 3. The van der Waals surface area contributed by atoms with Crippen LogP contribution in [0, 0.1) is 11.2 Å². The maximum atomic E-state index is 14.3. The summed E-state index contributed by atoms with van der Waals surface area (Å²) in [6.45, 7) is 2.60. The molecule has 3 aromatic carbocycles. The number of ether oxygens (including phenoxy) is 2. The monoisotopic (exact) mass is 629 g/mol. The molecule has 1 aliphatic carbocycles. The van der Waals surface area contributed by atoms with Crippen LogP contribution in [0.1, 0.15) is 58.6 Å². The fraction of sp³-hybridized carbons (Fsp3) is 0.286. The molecule has 230 valence electrons. The number of nitrogens with zero attached hydrogens (tertiary/aromatic N) is 3. The van der Waals surface area contributed by atoms with Crippen LogP contribution in [0.25, 0.3) is 22.3 Å². The molecule has 1 aliphatic heterocycles. The molecule has 7 rings (SSSR count). The minimum Gasteiger partial charge on any atom is -0.492 e. The largest absolute Gasteiger partial charge is 0.492 e. The van der Waals surface area contributed by atoms with Gasteiger partial charge in [0.25, 0.3) is 0 Å². The zero-order chi connectivity index (χ0) is 31.3. The Morgan fingerprint density at radius 2 is 1.98 bits per heavy atom. The van der Waals surface area contributed by atoms with Crippen molar-refractivity contribution in [2.24, 2.45) is 5.41 Å². The highest BCUT2D eigenvalue weighted by Gasteiger charge is 2.44. The summed E-state index contributed by atoms with van der Waals surface area (Å²) in [5, 5.41) is 9.95. The second-order valence-corrected chi connectivity index (χ2v) is 12.4. The third-order valence-electron chi connectivity index (χ3n) is 8.90. The van der Waals surface area contributed by atoms with Crippen LogP contribution in [0.4, 0.5) is 8.78 Å². The maximum Gasteiger partial charge on any atom is 0.335 e. The minimum absolute atomic E-state index is 0.00314. The van der Waals surface area contributed by atoms with Crippen molar-refractivity contribution in [3.63, 3.8) is 0 Å². The van der Waals surface area contributed by atoms with Gasteiger partial charge >= 0.3 is 5.97 Å². The summed E-state index contributed by atoms with van der Waals surface area (Å²) >= 11 is 5.87. The Morgan fingerprint density at radius 1 is 1.13 bits per heavy atom. The third kappa shape index (κ3) is 5.50. The summed E-state index contributed by atoms with van der Waals surface area (Å²) in [4.78, 5) is 21.4. The van der Waals surface area contributed by atoms with Gasteiger partial charge in [-0.15, -0.1) is 0 Å². The molecule has 1 saturated carbocycles. The molecule has 2 aromatic heterocycles. The van der Waals surface area contributed by atoms with Gasteiger partial charge in [-0.25, -0.2) is 19.2 Å². The summed E-state index contributed by atoms with van der Waals surface area (Å²) in [7, 11) is 0.